The van der Waals surface area contributed by atoms with Gasteiger partial charge in [0.2, 0.25) is 0 Å². The van der Waals surface area contributed by atoms with E-state index in [1.165, 1.54) is 19.2 Å². The van der Waals surface area contributed by atoms with Gasteiger partial charge in [-0.1, -0.05) is 29.3 Å². The first-order chi connectivity index (χ1) is 12.5. The van der Waals surface area contributed by atoms with E-state index in [-0.39, 0.29) is 20.7 Å². The van der Waals surface area contributed by atoms with Crippen LogP contribution in [0.3, 0.4) is 0 Å². The summed E-state index contributed by atoms with van der Waals surface area (Å²) in [6, 6.07) is 12.3. The predicted octanol–water partition coefficient (Wildman–Crippen LogP) is 4.68. The molecule has 2 aromatic carbocycles. The lowest BCUT2D eigenvalue weighted by molar-refractivity contribution is 0.0977. The molecule has 0 unspecified atom stereocenters. The highest BCUT2D eigenvalue weighted by atomic mass is 35.5. The molecular formula is C18H13Cl2N3O2S. The number of pyridine rings is 1. The van der Waals surface area contributed by atoms with Crippen molar-refractivity contribution < 1.29 is 9.53 Å². The van der Waals surface area contributed by atoms with Gasteiger partial charge in [0.05, 0.1) is 22.7 Å². The van der Waals surface area contributed by atoms with Gasteiger partial charge in [-0.15, -0.1) is 0 Å². The molecule has 26 heavy (non-hydrogen) atoms. The third kappa shape index (κ3) is 3.88. The summed E-state index contributed by atoms with van der Waals surface area (Å²) in [4.78, 5) is 16.7. The number of anilines is 1. The fourth-order valence-corrected chi connectivity index (χ4v) is 3.27. The number of carbonyl (C=O) groups is 1. The Labute approximate surface area is 165 Å². The number of halogens is 2. The van der Waals surface area contributed by atoms with E-state index in [1.54, 1.807) is 6.20 Å². The molecule has 0 aliphatic heterocycles. The second kappa shape index (κ2) is 7.86. The number of amides is 1. The molecule has 0 saturated carbocycles. The molecule has 1 aromatic heterocycles. The Morgan fingerprint density at radius 1 is 1.15 bits per heavy atom. The third-order valence-electron chi connectivity index (χ3n) is 3.59. The second-order valence-electron chi connectivity index (χ2n) is 5.26. The normalized spacial score (nSPS) is 10.4. The minimum Gasteiger partial charge on any atom is -0.494 e. The van der Waals surface area contributed by atoms with Crippen molar-refractivity contribution in [1.29, 1.82) is 0 Å². The van der Waals surface area contributed by atoms with Gasteiger partial charge in [-0.3, -0.25) is 15.1 Å². The molecule has 2 N–H and O–H groups in total. The molecule has 0 bridgehead atoms. The van der Waals surface area contributed by atoms with Crippen LogP contribution < -0.4 is 15.4 Å². The number of methoxy groups -OCH3 is 1. The molecular weight excluding hydrogens is 393 g/mol. The molecule has 3 aromatic rings. The lowest BCUT2D eigenvalue weighted by atomic mass is 10.2. The zero-order chi connectivity index (χ0) is 18.7. The van der Waals surface area contributed by atoms with Crippen molar-refractivity contribution in [2.45, 2.75) is 0 Å². The Hall–Kier alpha value is -2.41. The topological polar surface area (TPSA) is 63.2 Å². The van der Waals surface area contributed by atoms with Crippen LogP contribution in [0.25, 0.3) is 10.9 Å². The van der Waals surface area contributed by atoms with E-state index in [0.717, 1.165) is 16.6 Å². The van der Waals surface area contributed by atoms with Gasteiger partial charge in [0.25, 0.3) is 5.91 Å². The maximum absolute atomic E-state index is 12.4. The molecule has 0 aliphatic carbocycles. The first-order valence-electron chi connectivity index (χ1n) is 7.48. The lowest BCUT2D eigenvalue weighted by Gasteiger charge is -2.12. The zero-order valence-electron chi connectivity index (χ0n) is 13.5. The first-order valence-corrected chi connectivity index (χ1v) is 8.65. The highest BCUT2D eigenvalue weighted by Gasteiger charge is 2.15. The van der Waals surface area contributed by atoms with Crippen molar-refractivity contribution in [2.75, 3.05) is 12.4 Å². The predicted molar refractivity (Wildman–Crippen MR) is 108 cm³/mol. The number of ether oxygens (including phenoxy) is 1. The number of hydrogen-bond acceptors (Lipinski definition) is 4. The molecule has 1 amide bonds. The summed E-state index contributed by atoms with van der Waals surface area (Å²) in [5, 5.41) is 7.13. The second-order valence-corrected chi connectivity index (χ2v) is 6.48. The minimum absolute atomic E-state index is 0.148. The van der Waals surface area contributed by atoms with E-state index >= 15 is 0 Å². The first kappa shape index (κ1) is 18.4. The zero-order valence-corrected chi connectivity index (χ0v) is 15.9. The number of benzene rings is 2. The SMILES string of the molecule is COc1c(Cl)cc(C(=O)NC(=S)Nc2cccc3ncccc23)cc1Cl. The Morgan fingerprint density at radius 3 is 2.58 bits per heavy atom. The van der Waals surface area contributed by atoms with Gasteiger partial charge in [0.15, 0.2) is 10.9 Å². The molecule has 132 valence electrons. The number of fused-ring (bicyclic) bond motifs is 1. The molecule has 3 rings (SSSR count). The standard InChI is InChI=1S/C18H13Cl2N3O2S/c1-25-16-12(19)8-10(9-13(16)20)17(24)23-18(26)22-15-6-2-5-14-11(15)4-3-7-21-14/h2-9H,1H3,(H2,22,23,24,26). The summed E-state index contributed by atoms with van der Waals surface area (Å²) in [7, 11) is 1.45. The van der Waals surface area contributed by atoms with Crippen LogP contribution >= 0.6 is 35.4 Å². The maximum atomic E-state index is 12.4. The summed E-state index contributed by atoms with van der Waals surface area (Å²) in [5.41, 5.74) is 1.83. The number of nitrogens with one attached hydrogen (secondary N) is 2. The monoisotopic (exact) mass is 405 g/mol. The van der Waals surface area contributed by atoms with Crippen LogP contribution in [0.1, 0.15) is 10.4 Å². The van der Waals surface area contributed by atoms with E-state index in [1.807, 2.05) is 30.3 Å². The highest BCUT2D eigenvalue weighted by Crippen LogP contribution is 2.33. The maximum Gasteiger partial charge on any atom is 0.257 e. The Bertz CT molecular complexity index is 982. The van der Waals surface area contributed by atoms with Crippen LogP contribution in [-0.2, 0) is 0 Å². The van der Waals surface area contributed by atoms with Gasteiger partial charge < -0.3 is 10.1 Å². The van der Waals surface area contributed by atoms with Crippen molar-refractivity contribution in [2.24, 2.45) is 0 Å². The number of thiocarbonyl (C=S) groups is 1. The van der Waals surface area contributed by atoms with Crippen LogP contribution in [0, 0.1) is 0 Å². The molecule has 0 aliphatic rings. The Morgan fingerprint density at radius 2 is 1.88 bits per heavy atom. The van der Waals surface area contributed by atoms with Crippen LogP contribution in [-0.4, -0.2) is 23.1 Å². The molecule has 0 radical (unpaired) electrons. The molecule has 0 fully saturated rings. The number of carbonyl (C=O) groups excluding carboxylic acids is 1. The fraction of sp³-hybridized carbons (Fsp3) is 0.0556. The van der Waals surface area contributed by atoms with Gasteiger partial charge in [0, 0.05) is 22.8 Å². The molecule has 8 heteroatoms. The van der Waals surface area contributed by atoms with Gasteiger partial charge in [-0.2, -0.15) is 0 Å². The molecule has 0 saturated heterocycles. The van der Waals surface area contributed by atoms with E-state index in [4.69, 9.17) is 40.2 Å². The van der Waals surface area contributed by atoms with E-state index in [9.17, 15) is 4.79 Å². The average molecular weight is 406 g/mol. The summed E-state index contributed by atoms with van der Waals surface area (Å²) < 4.78 is 5.07. The summed E-state index contributed by atoms with van der Waals surface area (Å²) in [6.07, 6.45) is 1.71. The lowest BCUT2D eigenvalue weighted by Crippen LogP contribution is -2.34. The van der Waals surface area contributed by atoms with Crippen molar-refractivity contribution in [3.8, 4) is 5.75 Å². The molecule has 5 nitrogen and oxygen atoms in total. The molecule has 0 atom stereocenters. The van der Waals surface area contributed by atoms with Gasteiger partial charge in [-0.25, -0.2) is 0 Å². The van der Waals surface area contributed by atoms with Crippen molar-refractivity contribution in [3.05, 3.63) is 64.3 Å². The van der Waals surface area contributed by atoms with Crippen LogP contribution in [0.2, 0.25) is 10.0 Å². The molecule has 0 spiro atoms. The number of rotatable bonds is 3. The van der Waals surface area contributed by atoms with Crippen LogP contribution in [0.5, 0.6) is 5.75 Å². The van der Waals surface area contributed by atoms with Gasteiger partial charge in [0.1, 0.15) is 0 Å². The largest absolute Gasteiger partial charge is 0.494 e. The van der Waals surface area contributed by atoms with E-state index in [2.05, 4.69) is 15.6 Å². The van der Waals surface area contributed by atoms with Crippen LogP contribution in [0.15, 0.2) is 48.7 Å². The third-order valence-corrected chi connectivity index (χ3v) is 4.35. The average Bonchev–Trinajstić information content (AvgIpc) is 2.61. The van der Waals surface area contributed by atoms with Crippen molar-refractivity contribution in [3.63, 3.8) is 0 Å². The minimum atomic E-state index is -0.438. The Kier molecular flexibility index (Phi) is 5.56. The van der Waals surface area contributed by atoms with Gasteiger partial charge >= 0.3 is 0 Å². The number of hydrogen-bond donors (Lipinski definition) is 2. The fourth-order valence-electron chi connectivity index (χ4n) is 2.43. The molecule has 1 heterocycles. The van der Waals surface area contributed by atoms with Crippen LogP contribution in [0.4, 0.5) is 5.69 Å². The van der Waals surface area contributed by atoms with E-state index in [0.29, 0.717) is 5.75 Å². The summed E-state index contributed by atoms with van der Waals surface area (Å²) >= 11 is 17.4. The van der Waals surface area contributed by atoms with Crippen molar-refractivity contribution in [1.82, 2.24) is 10.3 Å². The quantitative estimate of drug-likeness (QED) is 0.619. The van der Waals surface area contributed by atoms with Crippen molar-refractivity contribution >= 4 is 63.0 Å². The summed E-state index contributed by atoms with van der Waals surface area (Å²) in [6.45, 7) is 0. The summed E-state index contributed by atoms with van der Waals surface area (Å²) in [5.74, 6) is -0.124. The smallest absolute Gasteiger partial charge is 0.257 e. The number of nitrogens with zero attached hydrogens (tertiary/aromatic N) is 1. The van der Waals surface area contributed by atoms with Gasteiger partial charge in [-0.05, 0) is 48.6 Å². The highest BCUT2D eigenvalue weighted by molar-refractivity contribution is 7.80. The van der Waals surface area contributed by atoms with E-state index < -0.39 is 5.91 Å². The number of aromatic nitrogens is 1. The Balaban J connectivity index is 1.77.